The Labute approximate surface area is 151 Å². The van der Waals surface area contributed by atoms with E-state index in [9.17, 15) is 4.79 Å². The Morgan fingerprint density at radius 1 is 1.36 bits per heavy atom. The number of aryl methyl sites for hydroxylation is 1. The predicted molar refractivity (Wildman–Crippen MR) is 100 cm³/mol. The summed E-state index contributed by atoms with van der Waals surface area (Å²) in [7, 11) is 0. The lowest BCUT2D eigenvalue weighted by Crippen LogP contribution is -2.43. The summed E-state index contributed by atoms with van der Waals surface area (Å²) in [6.45, 7) is 4.64. The number of piperidine rings is 1. The topological polar surface area (TPSA) is 86.8 Å². The molecule has 7 nitrogen and oxygen atoms in total. The third-order valence-electron chi connectivity index (χ3n) is 4.33. The predicted octanol–water partition coefficient (Wildman–Crippen LogP) is 1.39. The van der Waals surface area contributed by atoms with Gasteiger partial charge >= 0.3 is 0 Å². The molecule has 0 aliphatic carbocycles. The summed E-state index contributed by atoms with van der Waals surface area (Å²) in [4.78, 5) is 29.7. The minimum atomic E-state index is -0.0785. The van der Waals surface area contributed by atoms with Crippen molar-refractivity contribution < 1.29 is 0 Å². The van der Waals surface area contributed by atoms with E-state index in [1.165, 1.54) is 6.07 Å². The molecule has 0 unspecified atom stereocenters. The molecule has 0 atom stereocenters. The van der Waals surface area contributed by atoms with Crippen molar-refractivity contribution in [1.82, 2.24) is 25.3 Å². The molecule has 3 rings (SSSR count). The minimum absolute atomic E-state index is 0.0785. The maximum Gasteiger partial charge on any atom is 0.251 e. The highest BCUT2D eigenvalue weighted by Crippen LogP contribution is 2.19. The minimum Gasteiger partial charge on any atom is -0.356 e. The van der Waals surface area contributed by atoms with E-state index in [0.717, 1.165) is 61.4 Å². The van der Waals surface area contributed by atoms with Crippen molar-refractivity contribution in [2.45, 2.75) is 37.4 Å². The second-order valence-electron chi connectivity index (χ2n) is 6.20. The van der Waals surface area contributed by atoms with Crippen LogP contribution in [0.3, 0.4) is 0 Å². The Balaban J connectivity index is 1.45. The van der Waals surface area contributed by atoms with Crippen molar-refractivity contribution in [2.75, 3.05) is 30.8 Å². The summed E-state index contributed by atoms with van der Waals surface area (Å²) >= 11 is 1.57. The van der Waals surface area contributed by atoms with Crippen LogP contribution in [0.15, 0.2) is 28.3 Å². The summed E-state index contributed by atoms with van der Waals surface area (Å²) in [5, 5.41) is 4.40. The maximum absolute atomic E-state index is 11.5. The van der Waals surface area contributed by atoms with Crippen LogP contribution in [-0.4, -0.2) is 51.9 Å². The van der Waals surface area contributed by atoms with Crippen LogP contribution in [0, 0.1) is 6.92 Å². The molecule has 0 radical (unpaired) electrons. The number of thioether (sulfide) groups is 1. The lowest BCUT2D eigenvalue weighted by atomic mass is 10.0. The highest BCUT2D eigenvalue weighted by Gasteiger charge is 2.20. The van der Waals surface area contributed by atoms with Crippen LogP contribution in [-0.2, 0) is 6.42 Å². The van der Waals surface area contributed by atoms with Crippen molar-refractivity contribution in [3.63, 3.8) is 0 Å². The molecule has 3 heterocycles. The number of anilines is 1. The largest absolute Gasteiger partial charge is 0.356 e. The highest BCUT2D eigenvalue weighted by atomic mass is 32.2. The zero-order chi connectivity index (χ0) is 17.6. The Hall–Kier alpha value is -1.93. The zero-order valence-corrected chi connectivity index (χ0v) is 15.5. The van der Waals surface area contributed by atoms with Crippen LogP contribution in [0.25, 0.3) is 0 Å². The van der Waals surface area contributed by atoms with Gasteiger partial charge in [0.05, 0.1) is 0 Å². The summed E-state index contributed by atoms with van der Waals surface area (Å²) in [6, 6.07) is 3.99. The van der Waals surface area contributed by atoms with E-state index >= 15 is 0 Å². The van der Waals surface area contributed by atoms with Crippen LogP contribution < -0.4 is 15.8 Å². The lowest BCUT2D eigenvalue weighted by molar-refractivity contribution is 0.414. The van der Waals surface area contributed by atoms with Gasteiger partial charge in [0.25, 0.3) is 5.56 Å². The Morgan fingerprint density at radius 3 is 2.88 bits per heavy atom. The number of nitrogens with one attached hydrogen (secondary N) is 2. The molecule has 0 aromatic carbocycles. The molecule has 25 heavy (non-hydrogen) atoms. The van der Waals surface area contributed by atoms with Crippen molar-refractivity contribution in [2.24, 2.45) is 0 Å². The van der Waals surface area contributed by atoms with Gasteiger partial charge in [-0.2, -0.15) is 0 Å². The van der Waals surface area contributed by atoms with Crippen LogP contribution in [0.5, 0.6) is 0 Å². The van der Waals surface area contributed by atoms with E-state index in [-0.39, 0.29) is 5.56 Å². The Morgan fingerprint density at radius 2 is 2.16 bits per heavy atom. The number of rotatable bonds is 6. The average molecular weight is 360 g/mol. The molecular formula is C17H24N6OS. The van der Waals surface area contributed by atoms with Gasteiger partial charge in [-0.15, -0.1) is 0 Å². The Kier molecular flexibility index (Phi) is 6.04. The molecule has 8 heteroatoms. The van der Waals surface area contributed by atoms with Gasteiger partial charge in [0.1, 0.15) is 11.6 Å². The van der Waals surface area contributed by atoms with Gasteiger partial charge in [0.2, 0.25) is 0 Å². The van der Waals surface area contributed by atoms with Crippen molar-refractivity contribution in [3.05, 3.63) is 40.2 Å². The standard InChI is InChI=1S/C17H24N6OS/c1-12-11-16(24)21-14(20-12)3-7-18-13-5-9-23(10-6-13)15-4-8-19-17(22-15)25-2/h4,8,11,13,18H,3,5-7,9-10H2,1-2H3,(H,20,21,24). The summed E-state index contributed by atoms with van der Waals surface area (Å²) in [5.41, 5.74) is 0.687. The molecule has 0 bridgehead atoms. The molecule has 1 aliphatic rings. The number of aromatic nitrogens is 4. The quantitative estimate of drug-likeness (QED) is 0.595. The van der Waals surface area contributed by atoms with Crippen molar-refractivity contribution in [3.8, 4) is 0 Å². The van der Waals surface area contributed by atoms with Gasteiger partial charge in [-0.3, -0.25) is 4.79 Å². The van der Waals surface area contributed by atoms with Gasteiger partial charge < -0.3 is 15.2 Å². The highest BCUT2D eigenvalue weighted by molar-refractivity contribution is 7.98. The first-order valence-electron chi connectivity index (χ1n) is 8.56. The molecule has 2 N–H and O–H groups in total. The molecule has 2 aromatic rings. The average Bonchev–Trinajstić information content (AvgIpc) is 2.61. The van der Waals surface area contributed by atoms with E-state index in [1.807, 2.05) is 25.4 Å². The second kappa shape index (κ2) is 8.44. The molecular weight excluding hydrogens is 336 g/mol. The Bertz CT molecular complexity index is 757. The van der Waals surface area contributed by atoms with Crippen LogP contribution in [0.1, 0.15) is 24.4 Å². The molecule has 0 amide bonds. The molecule has 1 saturated heterocycles. The molecule has 1 fully saturated rings. The molecule has 1 aliphatic heterocycles. The summed E-state index contributed by atoms with van der Waals surface area (Å²) < 4.78 is 0. The van der Waals surface area contributed by atoms with Crippen molar-refractivity contribution in [1.29, 1.82) is 0 Å². The van der Waals surface area contributed by atoms with E-state index < -0.39 is 0 Å². The maximum atomic E-state index is 11.5. The SMILES string of the molecule is CSc1nccc(N2CCC(NCCc3nc(C)cc(=O)[nH]3)CC2)n1. The van der Waals surface area contributed by atoms with Gasteiger partial charge in [0.15, 0.2) is 5.16 Å². The zero-order valence-electron chi connectivity index (χ0n) is 14.7. The lowest BCUT2D eigenvalue weighted by Gasteiger charge is -2.33. The smallest absolute Gasteiger partial charge is 0.251 e. The first-order chi connectivity index (χ1) is 12.1. The van der Waals surface area contributed by atoms with E-state index in [0.29, 0.717) is 6.04 Å². The fraction of sp³-hybridized carbons (Fsp3) is 0.529. The fourth-order valence-electron chi connectivity index (χ4n) is 3.07. The summed E-state index contributed by atoms with van der Waals surface area (Å²) in [5.74, 6) is 1.76. The molecule has 134 valence electrons. The van der Waals surface area contributed by atoms with Gasteiger partial charge in [-0.05, 0) is 32.1 Å². The molecule has 2 aromatic heterocycles. The third-order valence-corrected chi connectivity index (χ3v) is 4.90. The summed E-state index contributed by atoms with van der Waals surface area (Å²) in [6.07, 6.45) is 6.71. The number of hydrogen-bond donors (Lipinski definition) is 2. The molecule has 0 saturated carbocycles. The second-order valence-corrected chi connectivity index (χ2v) is 6.97. The normalized spacial score (nSPS) is 15.5. The molecule has 0 spiro atoms. The van der Waals surface area contributed by atoms with E-state index in [1.54, 1.807) is 11.8 Å². The fourth-order valence-corrected chi connectivity index (χ4v) is 3.42. The number of H-pyrrole nitrogens is 1. The van der Waals surface area contributed by atoms with E-state index in [4.69, 9.17) is 0 Å². The van der Waals surface area contributed by atoms with Crippen LogP contribution >= 0.6 is 11.8 Å². The van der Waals surface area contributed by atoms with E-state index in [2.05, 4.69) is 30.2 Å². The third kappa shape index (κ3) is 5.02. The number of nitrogens with zero attached hydrogens (tertiary/aromatic N) is 4. The number of aromatic amines is 1. The first kappa shape index (κ1) is 17.9. The van der Waals surface area contributed by atoms with Gasteiger partial charge in [-0.1, -0.05) is 11.8 Å². The van der Waals surface area contributed by atoms with Gasteiger partial charge in [-0.25, -0.2) is 15.0 Å². The first-order valence-corrected chi connectivity index (χ1v) is 9.79. The van der Waals surface area contributed by atoms with Crippen molar-refractivity contribution >= 4 is 17.6 Å². The number of hydrogen-bond acceptors (Lipinski definition) is 7. The van der Waals surface area contributed by atoms with Gasteiger partial charge in [0, 0.05) is 50.1 Å². The van der Waals surface area contributed by atoms with Crippen LogP contribution in [0.4, 0.5) is 5.82 Å². The van der Waals surface area contributed by atoms with Crippen LogP contribution in [0.2, 0.25) is 0 Å². The monoisotopic (exact) mass is 360 g/mol.